The molecule has 62 heavy (non-hydrogen) atoms. The van der Waals surface area contributed by atoms with Gasteiger partial charge in [-0.2, -0.15) is 0 Å². The van der Waals surface area contributed by atoms with E-state index >= 15 is 0 Å². The van der Waals surface area contributed by atoms with E-state index in [0.29, 0.717) is 12.8 Å². The molecule has 0 aromatic heterocycles. The SMILES string of the molecule is CCCCCCCCCCCCCCCCCCCCCCCCCCCC(O)C(COC1OC(CO)C(O)C(O)C1O)NC(=O)CCCCCCCCCCCCCCCC. The van der Waals surface area contributed by atoms with Gasteiger partial charge in [0.2, 0.25) is 5.91 Å². The summed E-state index contributed by atoms with van der Waals surface area (Å²) < 4.78 is 11.3. The number of hydrogen-bond acceptors (Lipinski definition) is 8. The minimum atomic E-state index is -1.55. The predicted octanol–water partition coefficient (Wildman–Crippen LogP) is 12.7. The van der Waals surface area contributed by atoms with Crippen molar-refractivity contribution in [2.75, 3.05) is 13.2 Å². The molecule has 1 aliphatic rings. The van der Waals surface area contributed by atoms with Crippen molar-refractivity contribution in [1.29, 1.82) is 0 Å². The molecule has 0 aromatic rings. The van der Waals surface area contributed by atoms with Gasteiger partial charge in [-0.3, -0.25) is 4.79 Å². The number of ether oxygens (including phenoxy) is 2. The Morgan fingerprint density at radius 1 is 0.484 bits per heavy atom. The van der Waals surface area contributed by atoms with E-state index in [1.807, 2.05) is 0 Å². The first-order chi connectivity index (χ1) is 30.3. The summed E-state index contributed by atoms with van der Waals surface area (Å²) in [7, 11) is 0. The summed E-state index contributed by atoms with van der Waals surface area (Å²) in [6.45, 7) is 3.87. The van der Waals surface area contributed by atoms with Crippen molar-refractivity contribution in [3.05, 3.63) is 0 Å². The van der Waals surface area contributed by atoms with Gasteiger partial charge in [-0.15, -0.1) is 0 Å². The lowest BCUT2D eigenvalue weighted by Crippen LogP contribution is -2.60. The number of nitrogens with one attached hydrogen (secondary N) is 1. The van der Waals surface area contributed by atoms with Crippen LogP contribution in [-0.4, -0.2) is 87.5 Å². The third-order valence-corrected chi connectivity index (χ3v) is 13.5. The van der Waals surface area contributed by atoms with Crippen LogP contribution in [-0.2, 0) is 14.3 Å². The van der Waals surface area contributed by atoms with Crippen molar-refractivity contribution in [1.82, 2.24) is 5.32 Å². The second-order valence-electron chi connectivity index (χ2n) is 19.4. The number of hydrogen-bond donors (Lipinski definition) is 6. The van der Waals surface area contributed by atoms with Crippen molar-refractivity contribution in [2.45, 2.75) is 320 Å². The molecule has 0 saturated carbocycles. The van der Waals surface area contributed by atoms with Gasteiger partial charge in [0.1, 0.15) is 24.4 Å². The van der Waals surface area contributed by atoms with Gasteiger partial charge in [-0.25, -0.2) is 0 Å². The summed E-state index contributed by atoms with van der Waals surface area (Å²) in [6, 6.07) is -0.712. The highest BCUT2D eigenvalue weighted by molar-refractivity contribution is 5.76. The van der Waals surface area contributed by atoms with Crippen molar-refractivity contribution < 1.29 is 39.8 Å². The highest BCUT2D eigenvalue weighted by Crippen LogP contribution is 2.23. The van der Waals surface area contributed by atoms with Crippen LogP contribution in [0.1, 0.15) is 277 Å². The smallest absolute Gasteiger partial charge is 0.220 e. The zero-order valence-corrected chi connectivity index (χ0v) is 40.9. The Bertz CT molecular complexity index is 939. The van der Waals surface area contributed by atoms with E-state index < -0.39 is 49.5 Å². The molecule has 1 fully saturated rings. The summed E-state index contributed by atoms with van der Waals surface area (Å²) in [4.78, 5) is 13.0. The summed E-state index contributed by atoms with van der Waals surface area (Å²) >= 11 is 0. The van der Waals surface area contributed by atoms with Crippen molar-refractivity contribution in [3.8, 4) is 0 Å². The third kappa shape index (κ3) is 33.6. The number of aliphatic hydroxyl groups is 5. The molecule has 0 spiro atoms. The number of amides is 1. The Balaban J connectivity index is 2.19. The molecular formula is C53H105NO8. The van der Waals surface area contributed by atoms with Crippen LogP contribution in [0.2, 0.25) is 0 Å². The van der Waals surface area contributed by atoms with Gasteiger partial charge in [-0.1, -0.05) is 258 Å². The molecule has 370 valence electrons. The minimum Gasteiger partial charge on any atom is -0.394 e. The zero-order chi connectivity index (χ0) is 45.1. The highest BCUT2D eigenvalue weighted by atomic mass is 16.7. The van der Waals surface area contributed by atoms with Gasteiger partial charge in [0, 0.05) is 6.42 Å². The number of carbonyl (C=O) groups is 1. The standard InChI is InChI=1S/C53H105NO8/c1-3-5-7-9-11-13-15-17-19-20-21-22-23-24-25-26-27-28-29-30-32-34-36-38-40-42-47(56)46(45-61-53-52(60)51(59)50(58)48(44-55)62-53)54-49(57)43-41-39-37-35-33-31-18-16-14-12-10-8-6-4-2/h46-48,50-53,55-56,58-60H,3-45H2,1-2H3,(H,54,57). The van der Waals surface area contributed by atoms with E-state index in [0.717, 1.165) is 38.5 Å². The van der Waals surface area contributed by atoms with Crippen LogP contribution in [0.5, 0.6) is 0 Å². The number of rotatable bonds is 47. The van der Waals surface area contributed by atoms with Crippen LogP contribution in [0.3, 0.4) is 0 Å². The summed E-state index contributed by atoms with van der Waals surface area (Å²) in [5.41, 5.74) is 0. The Morgan fingerprint density at radius 3 is 1.15 bits per heavy atom. The average molecular weight is 884 g/mol. The molecule has 1 aliphatic heterocycles. The normalized spacial score (nSPS) is 20.1. The molecule has 1 heterocycles. The van der Waals surface area contributed by atoms with Gasteiger partial charge < -0.3 is 40.3 Å². The number of unbranched alkanes of at least 4 members (excludes halogenated alkanes) is 37. The zero-order valence-electron chi connectivity index (χ0n) is 40.9. The molecule has 9 nitrogen and oxygen atoms in total. The van der Waals surface area contributed by atoms with Crippen LogP contribution in [0, 0.1) is 0 Å². The van der Waals surface area contributed by atoms with E-state index in [4.69, 9.17) is 9.47 Å². The molecule has 1 rings (SSSR count). The van der Waals surface area contributed by atoms with Crippen LogP contribution in [0.4, 0.5) is 0 Å². The summed E-state index contributed by atoms with van der Waals surface area (Å²) in [6.07, 6.45) is 44.1. The maximum atomic E-state index is 13.0. The maximum absolute atomic E-state index is 13.0. The topological polar surface area (TPSA) is 149 Å². The quantitative estimate of drug-likeness (QED) is 0.0331. The Labute approximate surface area is 383 Å². The lowest BCUT2D eigenvalue weighted by molar-refractivity contribution is -0.302. The molecule has 0 aliphatic carbocycles. The number of aliphatic hydroxyl groups excluding tert-OH is 5. The largest absolute Gasteiger partial charge is 0.394 e. The first kappa shape index (κ1) is 59.2. The predicted molar refractivity (Wildman–Crippen MR) is 258 cm³/mol. The Hall–Kier alpha value is -0.810. The molecule has 7 atom stereocenters. The third-order valence-electron chi connectivity index (χ3n) is 13.5. The molecule has 1 amide bonds. The molecule has 0 aromatic carbocycles. The van der Waals surface area contributed by atoms with Gasteiger partial charge in [0.25, 0.3) is 0 Å². The Kier molecular flexibility index (Phi) is 42.1. The van der Waals surface area contributed by atoms with Gasteiger partial charge in [-0.05, 0) is 12.8 Å². The fourth-order valence-electron chi connectivity index (χ4n) is 9.11. The average Bonchev–Trinajstić information content (AvgIpc) is 3.27. The molecule has 7 unspecified atom stereocenters. The first-order valence-corrected chi connectivity index (χ1v) is 27.2. The van der Waals surface area contributed by atoms with Crippen LogP contribution in [0.25, 0.3) is 0 Å². The highest BCUT2D eigenvalue weighted by Gasteiger charge is 2.44. The van der Waals surface area contributed by atoms with Gasteiger partial charge in [0.15, 0.2) is 6.29 Å². The van der Waals surface area contributed by atoms with E-state index in [1.165, 1.54) is 212 Å². The van der Waals surface area contributed by atoms with E-state index in [-0.39, 0.29) is 12.5 Å². The molecule has 1 saturated heterocycles. The minimum absolute atomic E-state index is 0.131. The van der Waals surface area contributed by atoms with Crippen LogP contribution < -0.4 is 5.32 Å². The molecular weight excluding hydrogens is 779 g/mol. The second-order valence-corrected chi connectivity index (χ2v) is 19.4. The van der Waals surface area contributed by atoms with Crippen LogP contribution >= 0.6 is 0 Å². The molecule has 0 radical (unpaired) electrons. The first-order valence-electron chi connectivity index (χ1n) is 27.2. The lowest BCUT2D eigenvalue weighted by atomic mass is 9.99. The fourth-order valence-corrected chi connectivity index (χ4v) is 9.11. The molecule has 6 N–H and O–H groups in total. The van der Waals surface area contributed by atoms with Gasteiger partial charge >= 0.3 is 0 Å². The summed E-state index contributed by atoms with van der Waals surface area (Å²) in [5.74, 6) is -0.139. The summed E-state index contributed by atoms with van der Waals surface area (Å²) in [5, 5.41) is 54.6. The fraction of sp³-hybridized carbons (Fsp3) is 0.981. The van der Waals surface area contributed by atoms with Crippen molar-refractivity contribution >= 4 is 5.91 Å². The lowest BCUT2D eigenvalue weighted by Gasteiger charge is -2.40. The number of carbonyl (C=O) groups excluding carboxylic acids is 1. The van der Waals surface area contributed by atoms with Crippen LogP contribution in [0.15, 0.2) is 0 Å². The monoisotopic (exact) mass is 884 g/mol. The van der Waals surface area contributed by atoms with Crippen molar-refractivity contribution in [3.63, 3.8) is 0 Å². The molecule has 0 bridgehead atoms. The van der Waals surface area contributed by atoms with E-state index in [2.05, 4.69) is 19.2 Å². The van der Waals surface area contributed by atoms with E-state index in [9.17, 15) is 30.3 Å². The maximum Gasteiger partial charge on any atom is 0.220 e. The van der Waals surface area contributed by atoms with E-state index in [1.54, 1.807) is 0 Å². The van der Waals surface area contributed by atoms with Crippen molar-refractivity contribution in [2.24, 2.45) is 0 Å². The second kappa shape index (κ2) is 44.0. The molecule has 9 heteroatoms. The van der Waals surface area contributed by atoms with Gasteiger partial charge in [0.05, 0.1) is 25.4 Å². The Morgan fingerprint density at radius 2 is 0.806 bits per heavy atom.